The molecule has 2 aliphatic rings. The predicted molar refractivity (Wildman–Crippen MR) is 109 cm³/mol. The zero-order valence-electron chi connectivity index (χ0n) is 16.4. The standard InChI is InChI=1S/C23H28N2O3/c1-17-6-2-3-7-19(17)15-24-23(26)16-25-11-4-8-20(25)18-9-10-21-22(14-18)28-13-5-12-27-21/h2-3,6-7,9-10,14,20H,4-5,8,11-13,15-16H2,1H3,(H,24,26). The van der Waals surface area contributed by atoms with Gasteiger partial charge in [-0.25, -0.2) is 0 Å². The lowest BCUT2D eigenvalue weighted by atomic mass is 10.0. The number of carbonyl (C=O) groups is 1. The zero-order chi connectivity index (χ0) is 19.3. The minimum atomic E-state index is 0.0736. The van der Waals surface area contributed by atoms with Crippen LogP contribution >= 0.6 is 0 Å². The number of ether oxygens (including phenoxy) is 2. The fourth-order valence-electron chi connectivity index (χ4n) is 4.02. The van der Waals surface area contributed by atoms with E-state index in [1.165, 1.54) is 11.1 Å². The summed E-state index contributed by atoms with van der Waals surface area (Å²) in [5.41, 5.74) is 3.57. The Bertz CT molecular complexity index is 836. The highest BCUT2D eigenvalue weighted by molar-refractivity contribution is 5.78. The number of fused-ring (bicyclic) bond motifs is 1. The predicted octanol–water partition coefficient (Wildman–Crippen LogP) is 3.61. The molecule has 28 heavy (non-hydrogen) atoms. The van der Waals surface area contributed by atoms with Gasteiger partial charge in [-0.2, -0.15) is 0 Å². The lowest BCUT2D eigenvalue weighted by Crippen LogP contribution is -2.36. The number of likely N-dealkylation sites (tertiary alicyclic amines) is 1. The summed E-state index contributed by atoms with van der Waals surface area (Å²) in [4.78, 5) is 14.8. The fourth-order valence-corrected chi connectivity index (χ4v) is 4.02. The number of amides is 1. The third kappa shape index (κ3) is 4.30. The zero-order valence-corrected chi connectivity index (χ0v) is 16.4. The van der Waals surface area contributed by atoms with E-state index in [0.29, 0.717) is 26.3 Å². The molecule has 5 heteroatoms. The largest absolute Gasteiger partial charge is 0.490 e. The number of nitrogens with zero attached hydrogens (tertiary/aromatic N) is 1. The Morgan fingerprint density at radius 1 is 1.11 bits per heavy atom. The summed E-state index contributed by atoms with van der Waals surface area (Å²) in [5, 5.41) is 3.07. The van der Waals surface area contributed by atoms with Gasteiger partial charge in [0, 0.05) is 19.0 Å². The second-order valence-corrected chi connectivity index (χ2v) is 7.59. The van der Waals surface area contributed by atoms with Gasteiger partial charge in [0.25, 0.3) is 0 Å². The van der Waals surface area contributed by atoms with Crippen molar-refractivity contribution in [1.82, 2.24) is 10.2 Å². The molecule has 0 aliphatic carbocycles. The highest BCUT2D eigenvalue weighted by Gasteiger charge is 2.28. The number of benzene rings is 2. The van der Waals surface area contributed by atoms with Gasteiger partial charge in [-0.1, -0.05) is 30.3 Å². The number of carbonyl (C=O) groups excluding carboxylic acids is 1. The van der Waals surface area contributed by atoms with Crippen LogP contribution in [0.4, 0.5) is 0 Å². The van der Waals surface area contributed by atoms with Crippen molar-refractivity contribution in [2.24, 2.45) is 0 Å². The first-order valence-corrected chi connectivity index (χ1v) is 10.2. The van der Waals surface area contributed by atoms with Crippen molar-refractivity contribution in [2.45, 2.75) is 38.8 Å². The molecule has 148 valence electrons. The Balaban J connectivity index is 1.39. The number of hydrogen-bond acceptors (Lipinski definition) is 4. The summed E-state index contributed by atoms with van der Waals surface area (Å²) in [7, 11) is 0. The number of rotatable bonds is 5. The van der Waals surface area contributed by atoms with Gasteiger partial charge in [-0.3, -0.25) is 9.69 Å². The molecule has 1 unspecified atom stereocenters. The fraction of sp³-hybridized carbons (Fsp3) is 0.435. The molecule has 2 aromatic carbocycles. The molecule has 2 aromatic rings. The van der Waals surface area contributed by atoms with Crippen LogP contribution in [0.5, 0.6) is 11.5 Å². The molecule has 2 heterocycles. The van der Waals surface area contributed by atoms with Crippen LogP contribution in [0.25, 0.3) is 0 Å². The Kier molecular flexibility index (Phi) is 5.81. The smallest absolute Gasteiger partial charge is 0.234 e. The van der Waals surface area contributed by atoms with E-state index >= 15 is 0 Å². The molecule has 1 saturated heterocycles. The number of aryl methyl sites for hydroxylation is 1. The van der Waals surface area contributed by atoms with Crippen molar-refractivity contribution in [3.8, 4) is 11.5 Å². The maximum absolute atomic E-state index is 12.5. The van der Waals surface area contributed by atoms with Crippen molar-refractivity contribution in [2.75, 3.05) is 26.3 Å². The Hall–Kier alpha value is -2.53. The molecule has 0 spiro atoms. The van der Waals surface area contributed by atoms with Crippen molar-refractivity contribution >= 4 is 5.91 Å². The molecule has 0 bridgehead atoms. The summed E-state index contributed by atoms with van der Waals surface area (Å²) in [6, 6.07) is 14.6. The van der Waals surface area contributed by atoms with Crippen LogP contribution in [0.3, 0.4) is 0 Å². The summed E-state index contributed by atoms with van der Waals surface area (Å²) in [6.45, 7) is 5.40. The summed E-state index contributed by atoms with van der Waals surface area (Å²) in [6.07, 6.45) is 3.07. The van der Waals surface area contributed by atoms with Crippen LogP contribution in [0, 0.1) is 6.92 Å². The second kappa shape index (κ2) is 8.65. The summed E-state index contributed by atoms with van der Waals surface area (Å²) < 4.78 is 11.6. The van der Waals surface area contributed by atoms with E-state index in [4.69, 9.17) is 9.47 Å². The van der Waals surface area contributed by atoms with Crippen molar-refractivity contribution < 1.29 is 14.3 Å². The van der Waals surface area contributed by atoms with Crippen LogP contribution in [-0.4, -0.2) is 37.1 Å². The second-order valence-electron chi connectivity index (χ2n) is 7.59. The monoisotopic (exact) mass is 380 g/mol. The third-order valence-electron chi connectivity index (χ3n) is 5.60. The van der Waals surface area contributed by atoms with Gasteiger partial charge >= 0.3 is 0 Å². The Morgan fingerprint density at radius 3 is 2.79 bits per heavy atom. The highest BCUT2D eigenvalue weighted by atomic mass is 16.5. The molecule has 4 rings (SSSR count). The van der Waals surface area contributed by atoms with Crippen LogP contribution < -0.4 is 14.8 Å². The van der Waals surface area contributed by atoms with Gasteiger partial charge < -0.3 is 14.8 Å². The summed E-state index contributed by atoms with van der Waals surface area (Å²) >= 11 is 0. The van der Waals surface area contributed by atoms with Crippen LogP contribution in [-0.2, 0) is 11.3 Å². The first kappa shape index (κ1) is 18.8. The molecule has 1 fully saturated rings. The highest BCUT2D eigenvalue weighted by Crippen LogP contribution is 2.37. The van der Waals surface area contributed by atoms with E-state index in [1.807, 2.05) is 18.2 Å². The number of nitrogens with one attached hydrogen (secondary N) is 1. The lowest BCUT2D eigenvalue weighted by Gasteiger charge is -2.25. The molecule has 0 aromatic heterocycles. The van der Waals surface area contributed by atoms with Gasteiger partial charge in [0.1, 0.15) is 0 Å². The molecule has 1 N–H and O–H groups in total. The normalized spacial score (nSPS) is 19.2. The molecule has 1 amide bonds. The maximum atomic E-state index is 12.5. The first-order valence-electron chi connectivity index (χ1n) is 10.2. The summed E-state index contributed by atoms with van der Waals surface area (Å²) in [5.74, 6) is 1.72. The lowest BCUT2D eigenvalue weighted by molar-refractivity contribution is -0.122. The van der Waals surface area contributed by atoms with Gasteiger partial charge in [0.2, 0.25) is 5.91 Å². The van der Waals surface area contributed by atoms with E-state index in [-0.39, 0.29) is 11.9 Å². The van der Waals surface area contributed by atoms with Crippen LogP contribution in [0.1, 0.15) is 42.0 Å². The minimum Gasteiger partial charge on any atom is -0.490 e. The molecule has 5 nitrogen and oxygen atoms in total. The number of hydrogen-bond donors (Lipinski definition) is 1. The van der Waals surface area contributed by atoms with E-state index in [2.05, 4.69) is 41.4 Å². The van der Waals surface area contributed by atoms with Crippen molar-refractivity contribution in [3.05, 3.63) is 59.2 Å². The van der Waals surface area contributed by atoms with Crippen LogP contribution in [0.2, 0.25) is 0 Å². The van der Waals surface area contributed by atoms with E-state index in [9.17, 15) is 4.79 Å². The Labute approximate surface area is 166 Å². The first-order chi connectivity index (χ1) is 13.7. The van der Waals surface area contributed by atoms with E-state index < -0.39 is 0 Å². The Morgan fingerprint density at radius 2 is 1.93 bits per heavy atom. The molecule has 2 aliphatic heterocycles. The van der Waals surface area contributed by atoms with E-state index in [1.54, 1.807) is 0 Å². The minimum absolute atomic E-state index is 0.0736. The van der Waals surface area contributed by atoms with Gasteiger partial charge in [0.15, 0.2) is 11.5 Å². The average Bonchev–Trinajstić information content (AvgIpc) is 3.02. The van der Waals surface area contributed by atoms with Crippen LogP contribution in [0.15, 0.2) is 42.5 Å². The molecule has 1 atom stereocenters. The van der Waals surface area contributed by atoms with Crippen molar-refractivity contribution in [1.29, 1.82) is 0 Å². The van der Waals surface area contributed by atoms with E-state index in [0.717, 1.165) is 42.9 Å². The maximum Gasteiger partial charge on any atom is 0.234 e. The van der Waals surface area contributed by atoms with Gasteiger partial charge in [-0.15, -0.1) is 0 Å². The third-order valence-corrected chi connectivity index (χ3v) is 5.60. The molecular formula is C23H28N2O3. The molecule has 0 radical (unpaired) electrons. The quantitative estimate of drug-likeness (QED) is 0.861. The molecular weight excluding hydrogens is 352 g/mol. The van der Waals surface area contributed by atoms with Gasteiger partial charge in [-0.05, 0) is 55.1 Å². The average molecular weight is 380 g/mol. The SMILES string of the molecule is Cc1ccccc1CNC(=O)CN1CCCC1c1ccc2c(c1)OCCCO2. The van der Waals surface area contributed by atoms with Crippen molar-refractivity contribution in [3.63, 3.8) is 0 Å². The van der Waals surface area contributed by atoms with Gasteiger partial charge in [0.05, 0.1) is 19.8 Å². The topological polar surface area (TPSA) is 50.8 Å². The molecule has 0 saturated carbocycles.